The first kappa shape index (κ1) is 18.7. The number of urea groups is 1. The van der Waals surface area contributed by atoms with Crippen molar-refractivity contribution in [2.24, 2.45) is 5.92 Å². The van der Waals surface area contributed by atoms with Crippen LogP contribution in [0.3, 0.4) is 0 Å². The summed E-state index contributed by atoms with van der Waals surface area (Å²) in [5, 5.41) is 14.5. The van der Waals surface area contributed by atoms with Gasteiger partial charge in [-0.3, -0.25) is 4.79 Å². The number of rotatable bonds is 10. The second-order valence-corrected chi connectivity index (χ2v) is 5.99. The van der Waals surface area contributed by atoms with Crippen LogP contribution in [0.2, 0.25) is 0 Å². The molecule has 3 N–H and O–H groups in total. The first-order valence-corrected chi connectivity index (χ1v) is 7.58. The molecule has 0 aromatic rings. The molecule has 0 spiro atoms. The van der Waals surface area contributed by atoms with Gasteiger partial charge in [-0.05, 0) is 39.0 Å². The molecule has 0 heterocycles. The highest BCUT2D eigenvalue weighted by atomic mass is 16.4. The van der Waals surface area contributed by atoms with E-state index in [2.05, 4.69) is 17.6 Å². The molecule has 0 aromatic heterocycles. The van der Waals surface area contributed by atoms with Crippen LogP contribution >= 0.6 is 0 Å². The molecule has 5 nitrogen and oxygen atoms in total. The highest BCUT2D eigenvalue weighted by Gasteiger charge is 2.17. The Labute approximate surface area is 122 Å². The molecule has 0 aliphatic heterocycles. The van der Waals surface area contributed by atoms with Crippen molar-refractivity contribution in [3.63, 3.8) is 0 Å². The van der Waals surface area contributed by atoms with Crippen molar-refractivity contribution >= 4 is 12.0 Å². The fourth-order valence-electron chi connectivity index (χ4n) is 2.00. The van der Waals surface area contributed by atoms with E-state index in [-0.39, 0.29) is 18.0 Å². The van der Waals surface area contributed by atoms with E-state index in [1.807, 2.05) is 20.8 Å². The Hall–Kier alpha value is -1.26. The smallest absolute Gasteiger partial charge is 0.315 e. The summed E-state index contributed by atoms with van der Waals surface area (Å²) in [7, 11) is 0. The molecule has 0 radical (unpaired) electrons. The lowest BCUT2D eigenvalue weighted by Crippen LogP contribution is -2.48. The minimum Gasteiger partial charge on any atom is -0.481 e. The minimum absolute atomic E-state index is 0.148. The third kappa shape index (κ3) is 9.64. The zero-order chi connectivity index (χ0) is 15.6. The lowest BCUT2D eigenvalue weighted by molar-refractivity contribution is -0.137. The maximum absolute atomic E-state index is 11.7. The first-order chi connectivity index (χ1) is 9.30. The number of nitrogens with one attached hydrogen (secondary N) is 2. The number of aliphatic carboxylic acids is 1. The van der Waals surface area contributed by atoms with Gasteiger partial charge in [0.1, 0.15) is 0 Å². The quantitative estimate of drug-likeness (QED) is 0.577. The Kier molecular flexibility index (Phi) is 9.01. The van der Waals surface area contributed by atoms with Crippen LogP contribution in [-0.2, 0) is 4.79 Å². The number of hydrogen-bond acceptors (Lipinski definition) is 2. The van der Waals surface area contributed by atoms with Gasteiger partial charge in [-0.15, -0.1) is 0 Å². The summed E-state index contributed by atoms with van der Waals surface area (Å²) in [6, 6.07) is -0.148. The fraction of sp³-hybridized carbons (Fsp3) is 0.867. The molecule has 0 fully saturated rings. The molecular weight excluding hydrogens is 256 g/mol. The predicted molar refractivity (Wildman–Crippen MR) is 80.8 cm³/mol. The summed E-state index contributed by atoms with van der Waals surface area (Å²) >= 11 is 0. The van der Waals surface area contributed by atoms with Gasteiger partial charge in [0.15, 0.2) is 0 Å². The summed E-state index contributed by atoms with van der Waals surface area (Å²) in [4.78, 5) is 22.3. The number of carboxylic acid groups (broad SMARTS) is 1. The highest BCUT2D eigenvalue weighted by Crippen LogP contribution is 2.17. The molecule has 2 amide bonds. The molecule has 0 bridgehead atoms. The molecular formula is C15H30N2O3. The summed E-state index contributed by atoms with van der Waals surface area (Å²) in [5.41, 5.74) is -0.198. The number of hydrogen-bond donors (Lipinski definition) is 3. The van der Waals surface area contributed by atoms with Gasteiger partial charge in [0, 0.05) is 18.5 Å². The van der Waals surface area contributed by atoms with E-state index in [4.69, 9.17) is 5.11 Å². The van der Waals surface area contributed by atoms with E-state index in [0.29, 0.717) is 18.9 Å². The van der Waals surface area contributed by atoms with E-state index in [1.165, 1.54) is 0 Å². The van der Waals surface area contributed by atoms with Crippen LogP contribution in [0.5, 0.6) is 0 Å². The van der Waals surface area contributed by atoms with Gasteiger partial charge in [-0.2, -0.15) is 0 Å². The van der Waals surface area contributed by atoms with Gasteiger partial charge < -0.3 is 15.7 Å². The van der Waals surface area contributed by atoms with E-state index < -0.39 is 5.97 Å². The molecule has 0 aromatic carbocycles. The van der Waals surface area contributed by atoms with Gasteiger partial charge in [-0.25, -0.2) is 4.79 Å². The molecule has 5 heteroatoms. The van der Waals surface area contributed by atoms with E-state index in [1.54, 1.807) is 0 Å². The summed E-state index contributed by atoms with van der Waals surface area (Å²) < 4.78 is 0. The Balaban J connectivity index is 3.98. The van der Waals surface area contributed by atoms with Crippen LogP contribution in [0.15, 0.2) is 0 Å². The Bertz CT molecular complexity index is 303. The van der Waals surface area contributed by atoms with Gasteiger partial charge in [0.2, 0.25) is 0 Å². The van der Waals surface area contributed by atoms with Gasteiger partial charge >= 0.3 is 12.0 Å². The Morgan fingerprint density at radius 1 is 1.15 bits per heavy atom. The first-order valence-electron chi connectivity index (χ1n) is 7.58. The number of carbonyl (C=O) groups excluding carboxylic acids is 1. The SMILES string of the molecule is CCCC(CCNC(=O)NC(C)(C)CC)CCC(=O)O. The third-order valence-electron chi connectivity index (χ3n) is 3.64. The maximum Gasteiger partial charge on any atom is 0.315 e. The van der Waals surface area contributed by atoms with Crippen molar-refractivity contribution in [2.45, 2.75) is 71.8 Å². The summed E-state index contributed by atoms with van der Waals surface area (Å²) in [6.07, 6.45) is 4.65. The predicted octanol–water partition coefficient (Wildman–Crippen LogP) is 3.15. The van der Waals surface area contributed by atoms with Crippen LogP contribution < -0.4 is 10.6 Å². The zero-order valence-corrected chi connectivity index (χ0v) is 13.3. The van der Waals surface area contributed by atoms with Crippen molar-refractivity contribution in [1.82, 2.24) is 10.6 Å². The van der Waals surface area contributed by atoms with E-state index >= 15 is 0 Å². The largest absolute Gasteiger partial charge is 0.481 e. The molecule has 0 aliphatic carbocycles. The molecule has 118 valence electrons. The van der Waals surface area contributed by atoms with Crippen molar-refractivity contribution in [2.75, 3.05) is 6.54 Å². The number of amides is 2. The van der Waals surface area contributed by atoms with Gasteiger partial charge in [0.25, 0.3) is 0 Å². The standard InChI is InChI=1S/C15H30N2O3/c1-5-7-12(8-9-13(18)19)10-11-16-14(20)17-15(3,4)6-2/h12H,5-11H2,1-4H3,(H,18,19)(H2,16,17,20). The fourth-order valence-corrected chi connectivity index (χ4v) is 2.00. The normalized spacial score (nSPS) is 12.8. The van der Waals surface area contributed by atoms with Crippen LogP contribution in [0.25, 0.3) is 0 Å². The lowest BCUT2D eigenvalue weighted by Gasteiger charge is -2.25. The second-order valence-electron chi connectivity index (χ2n) is 5.99. The monoisotopic (exact) mass is 286 g/mol. The average Bonchev–Trinajstić information content (AvgIpc) is 2.35. The Morgan fingerprint density at radius 3 is 2.30 bits per heavy atom. The van der Waals surface area contributed by atoms with Crippen LogP contribution in [0.4, 0.5) is 4.79 Å². The zero-order valence-electron chi connectivity index (χ0n) is 13.3. The van der Waals surface area contributed by atoms with E-state index in [9.17, 15) is 9.59 Å². The van der Waals surface area contributed by atoms with Crippen molar-refractivity contribution in [3.8, 4) is 0 Å². The average molecular weight is 286 g/mol. The van der Waals surface area contributed by atoms with Crippen LogP contribution in [0.1, 0.15) is 66.2 Å². The van der Waals surface area contributed by atoms with Gasteiger partial charge in [0.05, 0.1) is 0 Å². The molecule has 0 rings (SSSR count). The van der Waals surface area contributed by atoms with Gasteiger partial charge in [-0.1, -0.05) is 26.7 Å². The topological polar surface area (TPSA) is 78.4 Å². The molecule has 0 aliphatic rings. The lowest BCUT2D eigenvalue weighted by atomic mass is 9.94. The third-order valence-corrected chi connectivity index (χ3v) is 3.64. The molecule has 0 saturated heterocycles. The summed E-state index contributed by atoms with van der Waals surface area (Å²) in [6.45, 7) is 8.69. The summed E-state index contributed by atoms with van der Waals surface area (Å²) in [5.74, 6) is -0.378. The van der Waals surface area contributed by atoms with Crippen LogP contribution in [-0.4, -0.2) is 29.2 Å². The van der Waals surface area contributed by atoms with Crippen molar-refractivity contribution < 1.29 is 14.7 Å². The number of carboxylic acids is 1. The minimum atomic E-state index is -0.749. The Morgan fingerprint density at radius 2 is 1.80 bits per heavy atom. The molecule has 20 heavy (non-hydrogen) atoms. The highest BCUT2D eigenvalue weighted by molar-refractivity contribution is 5.74. The van der Waals surface area contributed by atoms with Crippen LogP contribution in [0, 0.1) is 5.92 Å². The van der Waals surface area contributed by atoms with Crippen molar-refractivity contribution in [3.05, 3.63) is 0 Å². The number of carbonyl (C=O) groups is 2. The van der Waals surface area contributed by atoms with Crippen molar-refractivity contribution in [1.29, 1.82) is 0 Å². The molecule has 1 atom stereocenters. The second kappa shape index (κ2) is 9.61. The molecule has 1 unspecified atom stereocenters. The molecule has 0 saturated carbocycles. The maximum atomic E-state index is 11.7. The van der Waals surface area contributed by atoms with E-state index in [0.717, 1.165) is 25.7 Å².